The zero-order valence-corrected chi connectivity index (χ0v) is 6.31. The van der Waals surface area contributed by atoms with Crippen molar-refractivity contribution >= 4 is 23.6 Å². The first-order valence-electron chi connectivity index (χ1n) is 3.43. The Morgan fingerprint density at radius 2 is 2.25 bits per heavy atom. The summed E-state index contributed by atoms with van der Waals surface area (Å²) in [5.74, 6) is 0.385. The Labute approximate surface area is 69.0 Å². The molecule has 0 saturated carbocycles. The summed E-state index contributed by atoms with van der Waals surface area (Å²) in [5, 5.41) is 0.956. The highest BCUT2D eigenvalue weighted by atomic mass is 15.0. The predicted molar refractivity (Wildman–Crippen MR) is 46.5 cm³/mol. The first-order chi connectivity index (χ1) is 5.90. The smallest absolute Gasteiger partial charge is 0.249 e. The highest BCUT2D eigenvalue weighted by Gasteiger charge is 1.95. The largest absolute Gasteiger partial charge is 0.262 e. The van der Waals surface area contributed by atoms with Gasteiger partial charge in [0.05, 0.1) is 11.7 Å². The van der Waals surface area contributed by atoms with Crippen molar-refractivity contribution in [2.45, 2.75) is 0 Å². The van der Waals surface area contributed by atoms with E-state index in [1.807, 2.05) is 6.07 Å². The molecule has 0 bridgehead atoms. The number of rotatable bonds is 1. The Bertz CT molecular complexity index is 424. The van der Waals surface area contributed by atoms with Gasteiger partial charge >= 0.3 is 0 Å². The molecule has 0 atom stereocenters. The topological polar surface area (TPSA) is 51.0 Å². The fourth-order valence-corrected chi connectivity index (χ4v) is 0.940. The lowest BCUT2D eigenvalue weighted by Gasteiger charge is -1.94. The van der Waals surface area contributed by atoms with Crippen LogP contribution in [0.5, 0.6) is 0 Å². The number of aliphatic imine (C=N–C) groups is 1. The minimum absolute atomic E-state index is 0.385. The molecule has 2 aromatic heterocycles. The van der Waals surface area contributed by atoms with Crippen molar-refractivity contribution in [1.29, 1.82) is 0 Å². The van der Waals surface area contributed by atoms with Crippen LogP contribution in [-0.4, -0.2) is 21.7 Å². The maximum Gasteiger partial charge on any atom is 0.249 e. The van der Waals surface area contributed by atoms with Gasteiger partial charge in [0.1, 0.15) is 0 Å². The van der Waals surface area contributed by atoms with Crippen LogP contribution < -0.4 is 0 Å². The van der Waals surface area contributed by atoms with Crippen LogP contribution in [0.15, 0.2) is 29.6 Å². The van der Waals surface area contributed by atoms with Gasteiger partial charge in [-0.25, -0.2) is 15.0 Å². The fourth-order valence-electron chi connectivity index (χ4n) is 0.940. The Balaban J connectivity index is 2.75. The maximum atomic E-state index is 4.09. The van der Waals surface area contributed by atoms with E-state index >= 15 is 0 Å². The third kappa shape index (κ3) is 1.03. The summed E-state index contributed by atoms with van der Waals surface area (Å²) in [6, 6.07) is 1.85. The number of fused-ring (bicyclic) bond motifs is 1. The minimum Gasteiger partial charge on any atom is -0.262 e. The number of nitrogens with zero attached hydrogens (tertiary/aromatic N) is 4. The van der Waals surface area contributed by atoms with Gasteiger partial charge in [-0.15, -0.1) is 0 Å². The van der Waals surface area contributed by atoms with E-state index in [1.54, 1.807) is 18.6 Å². The number of aromatic nitrogens is 3. The monoisotopic (exact) mass is 158 g/mol. The van der Waals surface area contributed by atoms with Crippen molar-refractivity contribution in [3.05, 3.63) is 24.7 Å². The summed E-state index contributed by atoms with van der Waals surface area (Å²) in [6.45, 7) is 3.34. The molecule has 0 aliphatic carbocycles. The van der Waals surface area contributed by atoms with Crippen LogP contribution in [0.1, 0.15) is 0 Å². The van der Waals surface area contributed by atoms with Gasteiger partial charge < -0.3 is 0 Å². The second kappa shape index (κ2) is 2.65. The van der Waals surface area contributed by atoms with Gasteiger partial charge in [0.2, 0.25) is 5.95 Å². The summed E-state index contributed by atoms with van der Waals surface area (Å²) in [5.41, 5.74) is 0.787. The third-order valence-electron chi connectivity index (χ3n) is 1.51. The average Bonchev–Trinajstić information content (AvgIpc) is 2.17. The quantitative estimate of drug-likeness (QED) is 0.589. The maximum absolute atomic E-state index is 4.09. The molecule has 4 heteroatoms. The van der Waals surface area contributed by atoms with Gasteiger partial charge in [-0.2, -0.15) is 0 Å². The van der Waals surface area contributed by atoms with Crippen LogP contribution in [-0.2, 0) is 0 Å². The molecule has 0 aliphatic heterocycles. The molecule has 2 heterocycles. The fraction of sp³-hybridized carbons (Fsp3) is 0. The van der Waals surface area contributed by atoms with E-state index in [0.29, 0.717) is 5.95 Å². The number of pyridine rings is 1. The second-order valence-corrected chi connectivity index (χ2v) is 2.26. The van der Waals surface area contributed by atoms with E-state index < -0.39 is 0 Å². The molecule has 0 unspecified atom stereocenters. The predicted octanol–water partition coefficient (Wildman–Crippen LogP) is 1.36. The molecule has 0 spiro atoms. The molecular weight excluding hydrogens is 152 g/mol. The van der Waals surface area contributed by atoms with Crippen LogP contribution >= 0.6 is 0 Å². The van der Waals surface area contributed by atoms with Crippen molar-refractivity contribution < 1.29 is 0 Å². The van der Waals surface area contributed by atoms with Gasteiger partial charge in [0, 0.05) is 17.8 Å². The van der Waals surface area contributed by atoms with Crippen LogP contribution in [0.25, 0.3) is 10.9 Å². The van der Waals surface area contributed by atoms with Crippen LogP contribution in [0.4, 0.5) is 5.95 Å². The molecule has 58 valence electrons. The molecular formula is C8H6N4. The summed E-state index contributed by atoms with van der Waals surface area (Å²) in [6.07, 6.45) is 5.08. The van der Waals surface area contributed by atoms with Crippen LogP contribution in [0.3, 0.4) is 0 Å². The molecule has 0 aromatic carbocycles. The Kier molecular flexibility index (Phi) is 1.51. The lowest BCUT2D eigenvalue weighted by molar-refractivity contribution is 1.17. The zero-order valence-electron chi connectivity index (χ0n) is 6.31. The van der Waals surface area contributed by atoms with E-state index in [9.17, 15) is 0 Å². The summed E-state index contributed by atoms with van der Waals surface area (Å²) in [4.78, 5) is 15.6. The van der Waals surface area contributed by atoms with E-state index in [1.165, 1.54) is 0 Å². The first-order valence-corrected chi connectivity index (χ1v) is 3.43. The Morgan fingerprint density at radius 3 is 3.08 bits per heavy atom. The van der Waals surface area contributed by atoms with Gasteiger partial charge in [-0.05, 0) is 12.8 Å². The van der Waals surface area contributed by atoms with E-state index in [-0.39, 0.29) is 0 Å². The highest BCUT2D eigenvalue weighted by molar-refractivity contribution is 5.77. The van der Waals surface area contributed by atoms with Crippen LogP contribution in [0, 0.1) is 0 Å². The highest BCUT2D eigenvalue weighted by Crippen LogP contribution is 2.10. The Hall–Kier alpha value is -1.84. The van der Waals surface area contributed by atoms with Gasteiger partial charge in [0.15, 0.2) is 0 Å². The van der Waals surface area contributed by atoms with Gasteiger partial charge in [0.25, 0.3) is 0 Å². The van der Waals surface area contributed by atoms with E-state index in [0.717, 1.165) is 10.9 Å². The van der Waals surface area contributed by atoms with Crippen molar-refractivity contribution in [2.24, 2.45) is 4.99 Å². The molecule has 0 aliphatic rings. The van der Waals surface area contributed by atoms with Crippen molar-refractivity contribution in [3.8, 4) is 0 Å². The average molecular weight is 158 g/mol. The molecule has 0 N–H and O–H groups in total. The number of hydrogen-bond acceptors (Lipinski definition) is 4. The van der Waals surface area contributed by atoms with Crippen molar-refractivity contribution in [3.63, 3.8) is 0 Å². The third-order valence-corrected chi connectivity index (χ3v) is 1.51. The normalized spacial score (nSPS) is 10.0. The van der Waals surface area contributed by atoms with Crippen molar-refractivity contribution in [1.82, 2.24) is 15.0 Å². The van der Waals surface area contributed by atoms with E-state index in [4.69, 9.17) is 0 Å². The minimum atomic E-state index is 0.385. The second-order valence-electron chi connectivity index (χ2n) is 2.26. The summed E-state index contributed by atoms with van der Waals surface area (Å²) >= 11 is 0. The summed E-state index contributed by atoms with van der Waals surface area (Å²) in [7, 11) is 0. The van der Waals surface area contributed by atoms with Crippen LogP contribution in [0.2, 0.25) is 0 Å². The van der Waals surface area contributed by atoms with Gasteiger partial charge in [-0.1, -0.05) is 0 Å². The molecule has 2 rings (SSSR count). The molecule has 2 aromatic rings. The zero-order chi connectivity index (χ0) is 8.39. The first kappa shape index (κ1) is 6.84. The SMILES string of the molecule is C=Nc1ncc2ccncc2n1. The Morgan fingerprint density at radius 1 is 1.33 bits per heavy atom. The molecule has 12 heavy (non-hydrogen) atoms. The molecule has 0 fully saturated rings. The molecule has 0 amide bonds. The lowest BCUT2D eigenvalue weighted by Crippen LogP contribution is -1.83. The molecule has 4 nitrogen and oxygen atoms in total. The van der Waals surface area contributed by atoms with Crippen molar-refractivity contribution in [2.75, 3.05) is 0 Å². The molecule has 0 saturated heterocycles. The standard InChI is InChI=1S/C8H6N4/c1-9-8-11-4-6-2-3-10-5-7(6)12-8/h2-5H,1H2. The lowest BCUT2D eigenvalue weighted by atomic mass is 10.3. The van der Waals surface area contributed by atoms with E-state index in [2.05, 4.69) is 26.7 Å². The molecule has 0 radical (unpaired) electrons. The van der Waals surface area contributed by atoms with Gasteiger partial charge in [-0.3, -0.25) is 4.98 Å². The number of hydrogen-bond donors (Lipinski definition) is 0. The summed E-state index contributed by atoms with van der Waals surface area (Å²) < 4.78 is 0.